The summed E-state index contributed by atoms with van der Waals surface area (Å²) < 4.78 is 15.3. The SMILES string of the molecule is Cc1ccc(NC(=O)N2CCn3nc(-c4cccc(F)c4)c(C(N)=O)c3C2)c(Cl)c1. The van der Waals surface area contributed by atoms with Gasteiger partial charge in [0.05, 0.1) is 35.1 Å². The number of amides is 3. The van der Waals surface area contributed by atoms with Crippen LogP contribution in [-0.4, -0.2) is 33.2 Å². The number of carbonyl (C=O) groups is 2. The van der Waals surface area contributed by atoms with E-state index in [0.29, 0.717) is 40.8 Å². The summed E-state index contributed by atoms with van der Waals surface area (Å²) in [6, 6.07) is 10.8. The van der Waals surface area contributed by atoms with Gasteiger partial charge in [-0.15, -0.1) is 0 Å². The fraction of sp³-hybridized carbons (Fsp3) is 0.190. The van der Waals surface area contributed by atoms with E-state index >= 15 is 0 Å². The predicted molar refractivity (Wildman–Crippen MR) is 112 cm³/mol. The highest BCUT2D eigenvalue weighted by atomic mass is 35.5. The summed E-state index contributed by atoms with van der Waals surface area (Å²) in [5.74, 6) is -1.12. The number of aryl methyl sites for hydroxylation is 1. The highest BCUT2D eigenvalue weighted by molar-refractivity contribution is 6.33. The van der Waals surface area contributed by atoms with Crippen LogP contribution in [0, 0.1) is 12.7 Å². The molecule has 2 aromatic carbocycles. The number of hydrogen-bond donors (Lipinski definition) is 2. The van der Waals surface area contributed by atoms with Crippen LogP contribution in [0.15, 0.2) is 42.5 Å². The Hall–Kier alpha value is -3.39. The number of fused-ring (bicyclic) bond motifs is 1. The molecule has 0 bridgehead atoms. The first-order valence-corrected chi connectivity index (χ1v) is 9.69. The summed E-state index contributed by atoms with van der Waals surface area (Å²) >= 11 is 6.21. The molecule has 0 aliphatic carbocycles. The maximum Gasteiger partial charge on any atom is 0.322 e. The summed E-state index contributed by atoms with van der Waals surface area (Å²) in [5.41, 5.74) is 8.56. The van der Waals surface area contributed by atoms with Crippen LogP contribution >= 0.6 is 11.6 Å². The minimum atomic E-state index is -0.681. The van der Waals surface area contributed by atoms with Crippen LogP contribution in [0.5, 0.6) is 0 Å². The lowest BCUT2D eigenvalue weighted by Gasteiger charge is -2.28. The van der Waals surface area contributed by atoms with Gasteiger partial charge in [-0.25, -0.2) is 9.18 Å². The second-order valence-corrected chi connectivity index (χ2v) is 7.51. The van der Waals surface area contributed by atoms with Gasteiger partial charge >= 0.3 is 6.03 Å². The van der Waals surface area contributed by atoms with Gasteiger partial charge in [-0.2, -0.15) is 5.10 Å². The number of urea groups is 1. The van der Waals surface area contributed by atoms with E-state index in [4.69, 9.17) is 17.3 Å². The van der Waals surface area contributed by atoms with Crippen LogP contribution in [0.4, 0.5) is 14.9 Å². The van der Waals surface area contributed by atoms with Crippen LogP contribution in [0.1, 0.15) is 21.6 Å². The van der Waals surface area contributed by atoms with Gasteiger partial charge in [-0.3, -0.25) is 9.48 Å². The zero-order valence-electron chi connectivity index (χ0n) is 16.2. The predicted octanol–water partition coefficient (Wildman–Crippen LogP) is 3.80. The van der Waals surface area contributed by atoms with Crippen molar-refractivity contribution in [1.29, 1.82) is 0 Å². The molecule has 1 aliphatic rings. The Morgan fingerprint density at radius 1 is 1.20 bits per heavy atom. The van der Waals surface area contributed by atoms with E-state index in [2.05, 4.69) is 10.4 Å². The zero-order chi connectivity index (χ0) is 21.4. The maximum absolute atomic E-state index is 13.7. The third kappa shape index (κ3) is 3.73. The van der Waals surface area contributed by atoms with Gasteiger partial charge in [-0.1, -0.05) is 29.8 Å². The topological polar surface area (TPSA) is 93.2 Å². The molecule has 0 saturated carbocycles. The summed E-state index contributed by atoms with van der Waals surface area (Å²) in [4.78, 5) is 26.5. The van der Waals surface area contributed by atoms with Gasteiger partial charge in [0.1, 0.15) is 11.5 Å². The molecule has 0 radical (unpaired) electrons. The van der Waals surface area contributed by atoms with Crippen molar-refractivity contribution in [3.63, 3.8) is 0 Å². The van der Waals surface area contributed by atoms with Crippen molar-refractivity contribution in [3.8, 4) is 11.3 Å². The number of benzene rings is 2. The third-order valence-electron chi connectivity index (χ3n) is 4.98. The summed E-state index contributed by atoms with van der Waals surface area (Å²) in [6.07, 6.45) is 0. The zero-order valence-corrected chi connectivity index (χ0v) is 16.9. The molecule has 3 N–H and O–H groups in total. The first kappa shape index (κ1) is 19.9. The van der Waals surface area contributed by atoms with Gasteiger partial charge in [0.15, 0.2) is 0 Å². The lowest BCUT2D eigenvalue weighted by atomic mass is 10.0. The summed E-state index contributed by atoms with van der Waals surface area (Å²) in [6.45, 7) is 2.80. The van der Waals surface area contributed by atoms with Crippen molar-refractivity contribution in [2.75, 3.05) is 11.9 Å². The number of carbonyl (C=O) groups excluding carboxylic acids is 2. The molecule has 0 saturated heterocycles. The Labute approximate surface area is 177 Å². The molecule has 1 aromatic heterocycles. The molecule has 7 nitrogen and oxygen atoms in total. The normalized spacial score (nSPS) is 13.1. The maximum atomic E-state index is 13.7. The van der Waals surface area contributed by atoms with Crippen molar-refractivity contribution in [2.24, 2.45) is 5.73 Å². The second-order valence-electron chi connectivity index (χ2n) is 7.10. The standard InChI is InChI=1S/C21H19ClFN5O2/c1-12-5-6-16(15(22)9-12)25-21(30)27-7-8-28-17(11-27)18(20(24)29)19(26-28)13-3-2-4-14(23)10-13/h2-6,9-10H,7-8,11H2,1H3,(H2,24,29)(H,25,30). The average molecular weight is 428 g/mol. The number of halogens is 2. The van der Waals surface area contributed by atoms with Gasteiger partial charge < -0.3 is 16.0 Å². The van der Waals surface area contributed by atoms with Crippen LogP contribution in [-0.2, 0) is 13.1 Å². The quantitative estimate of drug-likeness (QED) is 0.665. The minimum Gasteiger partial charge on any atom is -0.365 e. The fourth-order valence-corrected chi connectivity index (χ4v) is 3.79. The molecule has 3 aromatic rings. The smallest absolute Gasteiger partial charge is 0.322 e. The number of nitrogens with one attached hydrogen (secondary N) is 1. The number of nitrogens with zero attached hydrogens (tertiary/aromatic N) is 3. The lowest BCUT2D eigenvalue weighted by molar-refractivity contribution is 0.0997. The molecule has 0 fully saturated rings. The highest BCUT2D eigenvalue weighted by Crippen LogP contribution is 2.29. The van der Waals surface area contributed by atoms with Crippen LogP contribution in [0.25, 0.3) is 11.3 Å². The van der Waals surface area contributed by atoms with Gasteiger partial charge in [0.2, 0.25) is 0 Å². The van der Waals surface area contributed by atoms with Gasteiger partial charge in [0, 0.05) is 12.1 Å². The minimum absolute atomic E-state index is 0.135. The highest BCUT2D eigenvalue weighted by Gasteiger charge is 2.30. The van der Waals surface area contributed by atoms with Crippen molar-refractivity contribution in [1.82, 2.24) is 14.7 Å². The molecule has 0 spiro atoms. The number of hydrogen-bond acceptors (Lipinski definition) is 3. The molecular weight excluding hydrogens is 409 g/mol. The molecule has 0 unspecified atom stereocenters. The number of nitrogens with two attached hydrogens (primary N) is 1. The van der Waals surface area contributed by atoms with E-state index in [-0.39, 0.29) is 18.1 Å². The van der Waals surface area contributed by atoms with E-state index in [0.717, 1.165) is 5.56 Å². The second kappa shape index (κ2) is 7.79. The number of rotatable bonds is 3. The van der Waals surface area contributed by atoms with Gasteiger partial charge in [0.25, 0.3) is 5.91 Å². The largest absolute Gasteiger partial charge is 0.365 e. The van der Waals surface area contributed by atoms with Crippen LogP contribution < -0.4 is 11.1 Å². The molecule has 3 amide bonds. The Kier molecular flexibility index (Phi) is 5.17. The van der Waals surface area contributed by atoms with E-state index in [1.165, 1.54) is 12.1 Å². The van der Waals surface area contributed by atoms with Crippen molar-refractivity contribution in [3.05, 3.63) is 70.1 Å². The van der Waals surface area contributed by atoms with Crippen molar-refractivity contribution in [2.45, 2.75) is 20.0 Å². The number of aromatic nitrogens is 2. The van der Waals surface area contributed by atoms with Crippen LogP contribution in [0.2, 0.25) is 5.02 Å². The molecule has 154 valence electrons. The molecule has 1 aliphatic heterocycles. The molecular formula is C21H19ClFN5O2. The van der Waals surface area contributed by atoms with E-state index < -0.39 is 11.7 Å². The average Bonchev–Trinajstić information content (AvgIpc) is 3.09. The summed E-state index contributed by atoms with van der Waals surface area (Å²) in [5, 5.41) is 7.69. The Bertz CT molecular complexity index is 1160. The molecule has 9 heteroatoms. The molecule has 30 heavy (non-hydrogen) atoms. The van der Waals surface area contributed by atoms with Gasteiger partial charge in [-0.05, 0) is 36.8 Å². The van der Waals surface area contributed by atoms with E-state index in [1.54, 1.807) is 33.8 Å². The van der Waals surface area contributed by atoms with Crippen molar-refractivity contribution >= 4 is 29.2 Å². The lowest BCUT2D eigenvalue weighted by Crippen LogP contribution is -2.41. The number of primary amides is 1. The first-order chi connectivity index (χ1) is 14.3. The van der Waals surface area contributed by atoms with E-state index in [1.807, 2.05) is 13.0 Å². The third-order valence-corrected chi connectivity index (χ3v) is 5.29. The molecule has 0 atom stereocenters. The monoisotopic (exact) mass is 427 g/mol. The fourth-order valence-electron chi connectivity index (χ4n) is 3.50. The Morgan fingerprint density at radius 2 is 2.00 bits per heavy atom. The van der Waals surface area contributed by atoms with E-state index in [9.17, 15) is 14.0 Å². The molecule has 2 heterocycles. The Morgan fingerprint density at radius 3 is 2.70 bits per heavy atom. The van der Waals surface area contributed by atoms with Crippen LogP contribution in [0.3, 0.4) is 0 Å². The molecule has 4 rings (SSSR count). The first-order valence-electron chi connectivity index (χ1n) is 9.31. The summed E-state index contributed by atoms with van der Waals surface area (Å²) in [7, 11) is 0. The number of anilines is 1. The van der Waals surface area contributed by atoms with Crippen molar-refractivity contribution < 1.29 is 14.0 Å². The Balaban J connectivity index is 1.63.